The summed E-state index contributed by atoms with van der Waals surface area (Å²) in [5, 5.41) is 3.32. The number of aryl methyl sites for hydroxylation is 1. The summed E-state index contributed by atoms with van der Waals surface area (Å²) in [6.45, 7) is 11.0. The molecule has 0 aliphatic carbocycles. The second-order valence-electron chi connectivity index (χ2n) is 6.28. The van der Waals surface area contributed by atoms with E-state index >= 15 is 0 Å². The Kier molecular flexibility index (Phi) is 6.20. The molecule has 0 saturated heterocycles. The largest absolute Gasteiger partial charge is 0.478 e. The van der Waals surface area contributed by atoms with Crippen molar-refractivity contribution in [1.29, 1.82) is 0 Å². The number of hydrogen-bond donors (Lipinski definition) is 1. The fraction of sp³-hybridized carbons (Fsp3) is 0.733. The molecule has 0 bridgehead atoms. The van der Waals surface area contributed by atoms with Crippen LogP contribution in [0.25, 0.3) is 0 Å². The maximum Gasteiger partial charge on any atom is 0.226 e. The Labute approximate surface area is 122 Å². The summed E-state index contributed by atoms with van der Waals surface area (Å²) >= 11 is 0. The summed E-state index contributed by atoms with van der Waals surface area (Å²) in [5.41, 5.74) is 1.07. The van der Waals surface area contributed by atoms with Crippen molar-refractivity contribution < 1.29 is 4.74 Å². The van der Waals surface area contributed by atoms with E-state index < -0.39 is 0 Å². The van der Waals surface area contributed by atoms with Crippen LogP contribution in [0, 0.1) is 12.3 Å². The zero-order valence-corrected chi connectivity index (χ0v) is 13.7. The van der Waals surface area contributed by atoms with Gasteiger partial charge in [0.2, 0.25) is 11.8 Å². The third-order valence-corrected chi connectivity index (χ3v) is 2.75. The van der Waals surface area contributed by atoms with Gasteiger partial charge in [0.1, 0.15) is 0 Å². The lowest BCUT2D eigenvalue weighted by atomic mass is 9.93. The first-order chi connectivity index (χ1) is 9.32. The van der Waals surface area contributed by atoms with Crippen molar-refractivity contribution in [3.8, 4) is 5.88 Å². The standard InChI is InChI=1S/C15H28N4O/c1-7-8-20-13-9-12(2)17-14(18-13)16-10-15(3,4)11-19(5)6/h9H,7-8,10-11H2,1-6H3,(H,16,17,18). The molecule has 20 heavy (non-hydrogen) atoms. The van der Waals surface area contributed by atoms with Gasteiger partial charge >= 0.3 is 0 Å². The van der Waals surface area contributed by atoms with Crippen molar-refractivity contribution in [3.05, 3.63) is 11.8 Å². The van der Waals surface area contributed by atoms with Gasteiger partial charge in [-0.05, 0) is 32.9 Å². The molecule has 1 rings (SSSR count). The number of ether oxygens (including phenoxy) is 1. The molecule has 1 aromatic heterocycles. The van der Waals surface area contributed by atoms with Crippen LogP contribution in [0.2, 0.25) is 0 Å². The van der Waals surface area contributed by atoms with Crippen LogP contribution in [0.3, 0.4) is 0 Å². The van der Waals surface area contributed by atoms with Gasteiger partial charge in [-0.25, -0.2) is 4.98 Å². The molecule has 5 nitrogen and oxygen atoms in total. The highest BCUT2D eigenvalue weighted by Gasteiger charge is 2.19. The Hall–Kier alpha value is -1.36. The van der Waals surface area contributed by atoms with Crippen molar-refractivity contribution in [3.63, 3.8) is 0 Å². The van der Waals surface area contributed by atoms with E-state index in [1.54, 1.807) is 0 Å². The Balaban J connectivity index is 2.65. The maximum absolute atomic E-state index is 5.57. The average molecular weight is 280 g/mol. The van der Waals surface area contributed by atoms with Gasteiger partial charge in [0.15, 0.2) is 0 Å². The first-order valence-electron chi connectivity index (χ1n) is 7.19. The summed E-state index contributed by atoms with van der Waals surface area (Å²) in [6.07, 6.45) is 0.974. The van der Waals surface area contributed by atoms with Gasteiger partial charge in [-0.1, -0.05) is 20.8 Å². The number of hydrogen-bond acceptors (Lipinski definition) is 5. The quantitative estimate of drug-likeness (QED) is 0.793. The van der Waals surface area contributed by atoms with Crippen LogP contribution in [0.4, 0.5) is 5.95 Å². The first kappa shape index (κ1) is 16.7. The Morgan fingerprint density at radius 2 is 2.00 bits per heavy atom. The molecule has 0 radical (unpaired) electrons. The minimum absolute atomic E-state index is 0.154. The molecule has 0 unspecified atom stereocenters. The normalized spacial score (nSPS) is 11.8. The van der Waals surface area contributed by atoms with Gasteiger partial charge < -0.3 is 15.0 Å². The number of nitrogens with zero attached hydrogens (tertiary/aromatic N) is 3. The van der Waals surface area contributed by atoms with Crippen molar-refractivity contribution in [1.82, 2.24) is 14.9 Å². The Morgan fingerprint density at radius 3 is 2.60 bits per heavy atom. The molecular weight excluding hydrogens is 252 g/mol. The zero-order valence-electron chi connectivity index (χ0n) is 13.7. The second kappa shape index (κ2) is 7.43. The van der Waals surface area contributed by atoms with Gasteiger partial charge in [-0.15, -0.1) is 0 Å². The van der Waals surface area contributed by atoms with Gasteiger partial charge in [0.05, 0.1) is 6.61 Å². The third-order valence-electron chi connectivity index (χ3n) is 2.75. The van der Waals surface area contributed by atoms with Crippen LogP contribution in [0.5, 0.6) is 5.88 Å². The summed E-state index contributed by atoms with van der Waals surface area (Å²) in [6, 6.07) is 1.87. The van der Waals surface area contributed by atoms with Crippen LogP contribution in [-0.4, -0.2) is 48.7 Å². The minimum atomic E-state index is 0.154. The molecule has 0 aliphatic heterocycles. The summed E-state index contributed by atoms with van der Waals surface area (Å²) in [7, 11) is 4.17. The highest BCUT2D eigenvalue weighted by atomic mass is 16.5. The molecule has 0 fully saturated rings. The lowest BCUT2D eigenvalue weighted by molar-refractivity contribution is 0.253. The lowest BCUT2D eigenvalue weighted by Gasteiger charge is -2.28. The molecule has 0 aromatic carbocycles. The van der Waals surface area contributed by atoms with Crippen LogP contribution in [0.1, 0.15) is 32.9 Å². The van der Waals surface area contributed by atoms with E-state index in [4.69, 9.17) is 4.74 Å². The van der Waals surface area contributed by atoms with Crippen LogP contribution in [0.15, 0.2) is 6.07 Å². The molecule has 0 amide bonds. The lowest BCUT2D eigenvalue weighted by Crippen LogP contribution is -2.34. The van der Waals surface area contributed by atoms with Gasteiger partial charge in [-0.3, -0.25) is 0 Å². The molecule has 1 N–H and O–H groups in total. The topological polar surface area (TPSA) is 50.3 Å². The van der Waals surface area contributed by atoms with E-state index in [-0.39, 0.29) is 5.41 Å². The predicted molar refractivity (Wildman–Crippen MR) is 83.4 cm³/mol. The predicted octanol–water partition coefficient (Wildman–Crippen LogP) is 2.57. The van der Waals surface area contributed by atoms with Crippen LogP contribution < -0.4 is 10.1 Å². The van der Waals surface area contributed by atoms with Crippen molar-refractivity contribution >= 4 is 5.95 Å². The zero-order chi connectivity index (χ0) is 15.2. The molecule has 1 aromatic rings. The van der Waals surface area contributed by atoms with Gasteiger partial charge in [-0.2, -0.15) is 4.98 Å². The summed E-state index contributed by atoms with van der Waals surface area (Å²) < 4.78 is 5.57. The van der Waals surface area contributed by atoms with Crippen molar-refractivity contribution in [2.45, 2.75) is 34.1 Å². The fourth-order valence-electron chi connectivity index (χ4n) is 2.13. The third kappa shape index (κ3) is 6.19. The molecule has 0 aliphatic rings. The molecule has 114 valence electrons. The van der Waals surface area contributed by atoms with Crippen molar-refractivity contribution in [2.75, 3.05) is 39.1 Å². The molecule has 1 heterocycles. The second-order valence-corrected chi connectivity index (χ2v) is 6.28. The van der Waals surface area contributed by atoms with Gasteiger partial charge in [0, 0.05) is 24.8 Å². The first-order valence-corrected chi connectivity index (χ1v) is 7.19. The fourth-order valence-corrected chi connectivity index (χ4v) is 2.13. The number of rotatable bonds is 8. The SMILES string of the molecule is CCCOc1cc(C)nc(NCC(C)(C)CN(C)C)n1. The van der Waals surface area contributed by atoms with E-state index in [9.17, 15) is 0 Å². The number of nitrogens with one attached hydrogen (secondary N) is 1. The highest BCUT2D eigenvalue weighted by molar-refractivity contribution is 5.30. The van der Waals surface area contributed by atoms with Crippen LogP contribution in [-0.2, 0) is 0 Å². The molecule has 0 spiro atoms. The molecular formula is C15H28N4O. The smallest absolute Gasteiger partial charge is 0.226 e. The van der Waals surface area contributed by atoms with E-state index in [0.29, 0.717) is 18.4 Å². The van der Waals surface area contributed by atoms with E-state index in [1.165, 1.54) is 0 Å². The van der Waals surface area contributed by atoms with Crippen molar-refractivity contribution in [2.24, 2.45) is 5.41 Å². The molecule has 0 saturated carbocycles. The Bertz CT molecular complexity index is 418. The number of aromatic nitrogens is 2. The maximum atomic E-state index is 5.57. The Morgan fingerprint density at radius 1 is 1.30 bits per heavy atom. The van der Waals surface area contributed by atoms with Gasteiger partial charge in [0.25, 0.3) is 0 Å². The number of anilines is 1. The molecule has 5 heteroatoms. The van der Waals surface area contributed by atoms with E-state index in [2.05, 4.69) is 55.1 Å². The summed E-state index contributed by atoms with van der Waals surface area (Å²) in [5.74, 6) is 1.29. The van der Waals surface area contributed by atoms with E-state index in [0.717, 1.165) is 25.2 Å². The highest BCUT2D eigenvalue weighted by Crippen LogP contribution is 2.18. The summed E-state index contributed by atoms with van der Waals surface area (Å²) in [4.78, 5) is 11.0. The minimum Gasteiger partial charge on any atom is -0.478 e. The average Bonchev–Trinajstić information content (AvgIpc) is 2.32. The van der Waals surface area contributed by atoms with E-state index in [1.807, 2.05) is 13.0 Å². The molecule has 0 atom stereocenters. The van der Waals surface area contributed by atoms with Crippen LogP contribution >= 0.6 is 0 Å². The monoisotopic (exact) mass is 280 g/mol.